The summed E-state index contributed by atoms with van der Waals surface area (Å²) >= 11 is 0. The lowest BCUT2D eigenvalue weighted by Gasteiger charge is -2.45. The van der Waals surface area contributed by atoms with Crippen molar-refractivity contribution < 1.29 is 0 Å². The normalized spacial score (nSPS) is 14.7. The molecule has 1 spiro atoms. The van der Waals surface area contributed by atoms with E-state index in [1.54, 1.807) is 0 Å². The molecule has 0 radical (unpaired) electrons. The van der Waals surface area contributed by atoms with Crippen LogP contribution in [0.2, 0.25) is 0 Å². The molecule has 1 atom stereocenters. The molecular formula is C65H47N. The molecule has 312 valence electrons. The Morgan fingerprint density at radius 1 is 0.333 bits per heavy atom. The van der Waals surface area contributed by atoms with Gasteiger partial charge in [-0.05, 0) is 125 Å². The van der Waals surface area contributed by atoms with Crippen LogP contribution >= 0.6 is 0 Å². The van der Waals surface area contributed by atoms with Crippen molar-refractivity contribution in [3.8, 4) is 44.5 Å². The van der Waals surface area contributed by atoms with Gasteiger partial charge in [-0.15, -0.1) is 0 Å². The van der Waals surface area contributed by atoms with Crippen molar-refractivity contribution in [2.24, 2.45) is 0 Å². The molecule has 0 aromatic heterocycles. The first-order valence-corrected chi connectivity index (χ1v) is 23.3. The fraction of sp³-hybridized carbons (Fsp3) is 0.0769. The monoisotopic (exact) mass is 841 g/mol. The maximum atomic E-state index is 2.46. The van der Waals surface area contributed by atoms with Crippen LogP contribution in [0.1, 0.15) is 69.8 Å². The molecule has 0 unspecified atom stereocenters. The molecular weight excluding hydrogens is 795 g/mol. The molecule has 10 aromatic carbocycles. The smallest absolute Gasteiger partial charge is 0.0760 e. The average molecular weight is 842 g/mol. The highest BCUT2D eigenvalue weighted by atomic mass is 15.2. The van der Waals surface area contributed by atoms with E-state index < -0.39 is 5.41 Å². The van der Waals surface area contributed by atoms with Gasteiger partial charge in [0.2, 0.25) is 0 Å². The molecule has 0 bridgehead atoms. The van der Waals surface area contributed by atoms with Gasteiger partial charge < -0.3 is 4.90 Å². The predicted octanol–water partition coefficient (Wildman–Crippen LogP) is 16.7. The van der Waals surface area contributed by atoms with E-state index in [0.29, 0.717) is 0 Å². The van der Waals surface area contributed by atoms with Gasteiger partial charge in [-0.3, -0.25) is 0 Å². The average Bonchev–Trinajstić information content (AvgIpc) is 3.80. The lowest BCUT2D eigenvalue weighted by molar-refractivity contribution is 0.660. The largest absolute Gasteiger partial charge is 0.310 e. The first-order valence-electron chi connectivity index (χ1n) is 23.3. The zero-order chi connectivity index (χ0) is 44.0. The summed E-state index contributed by atoms with van der Waals surface area (Å²) in [5, 5.41) is 0. The summed E-state index contributed by atoms with van der Waals surface area (Å²) in [5.41, 5.74) is 25.1. The van der Waals surface area contributed by atoms with Gasteiger partial charge in [-0.25, -0.2) is 0 Å². The minimum atomic E-state index is -0.580. The van der Waals surface area contributed by atoms with E-state index in [0.717, 1.165) is 5.69 Å². The van der Waals surface area contributed by atoms with Crippen LogP contribution in [0, 0.1) is 0 Å². The van der Waals surface area contributed by atoms with Crippen molar-refractivity contribution in [3.63, 3.8) is 0 Å². The van der Waals surface area contributed by atoms with E-state index in [-0.39, 0.29) is 11.3 Å². The zero-order valence-corrected chi connectivity index (χ0v) is 37.1. The summed E-state index contributed by atoms with van der Waals surface area (Å²) in [6, 6.07) is 90.9. The molecule has 1 aliphatic heterocycles. The van der Waals surface area contributed by atoms with Gasteiger partial charge in [0.25, 0.3) is 0 Å². The molecule has 66 heavy (non-hydrogen) atoms. The summed E-state index contributed by atoms with van der Waals surface area (Å²) in [6.07, 6.45) is 0. The predicted molar refractivity (Wildman–Crippen MR) is 274 cm³/mol. The van der Waals surface area contributed by atoms with Crippen molar-refractivity contribution >= 4 is 17.1 Å². The summed E-state index contributed by atoms with van der Waals surface area (Å²) in [5.74, 6) is -0.0139. The Bertz CT molecular complexity index is 3460. The van der Waals surface area contributed by atoms with Crippen molar-refractivity contribution in [1.82, 2.24) is 0 Å². The van der Waals surface area contributed by atoms with Crippen LogP contribution in [0.5, 0.6) is 0 Å². The molecule has 10 aromatic rings. The minimum absolute atomic E-state index is 0.0139. The summed E-state index contributed by atoms with van der Waals surface area (Å²) in [4.78, 5) is 2.46. The minimum Gasteiger partial charge on any atom is -0.310 e. The second-order valence-corrected chi connectivity index (χ2v) is 18.7. The molecule has 0 N–H and O–H groups in total. The van der Waals surface area contributed by atoms with Gasteiger partial charge in [-0.1, -0.05) is 226 Å². The Morgan fingerprint density at radius 3 is 1.48 bits per heavy atom. The maximum absolute atomic E-state index is 2.46. The van der Waals surface area contributed by atoms with E-state index in [1.165, 1.54) is 106 Å². The quantitative estimate of drug-likeness (QED) is 0.151. The molecule has 1 heterocycles. The van der Waals surface area contributed by atoms with E-state index >= 15 is 0 Å². The maximum Gasteiger partial charge on any atom is 0.0760 e. The number of nitrogens with zero attached hydrogens (tertiary/aromatic N) is 1. The number of hydrogen-bond acceptors (Lipinski definition) is 1. The fourth-order valence-corrected chi connectivity index (χ4v) is 12.2. The molecule has 2 aliphatic carbocycles. The van der Waals surface area contributed by atoms with E-state index in [4.69, 9.17) is 0 Å². The highest BCUT2D eigenvalue weighted by Gasteiger charge is 2.53. The van der Waals surface area contributed by atoms with E-state index in [2.05, 4.69) is 261 Å². The van der Waals surface area contributed by atoms with Crippen molar-refractivity contribution in [3.05, 3.63) is 293 Å². The van der Waals surface area contributed by atoms with Crippen LogP contribution in [0.4, 0.5) is 17.1 Å². The van der Waals surface area contributed by atoms with Crippen molar-refractivity contribution in [2.45, 2.75) is 30.6 Å². The van der Waals surface area contributed by atoms with Crippen LogP contribution in [0.15, 0.2) is 243 Å². The highest BCUT2D eigenvalue weighted by Crippen LogP contribution is 2.65. The van der Waals surface area contributed by atoms with Gasteiger partial charge in [-0.2, -0.15) is 0 Å². The third-order valence-corrected chi connectivity index (χ3v) is 15.0. The first kappa shape index (κ1) is 38.5. The number of anilines is 3. The second kappa shape index (κ2) is 14.8. The standard InChI is InChI=1S/C65H47N/c1-64(2)55-30-13-11-25-49(55)51-41-40-46(42-59(51)64)43-36-38-45(39-37-43)62(44-20-5-3-6-21-44)52-27-10-9-24-48(52)53-28-19-29-54-50-26-12-14-31-56(50)65(63(53)54)57-32-15-17-34-60(57)66(47-22-7-4-8-23-47)61-35-18-16-33-58(61)65/h3-42,62H,1-2H3/t62-/m1/s1. The van der Waals surface area contributed by atoms with Crippen molar-refractivity contribution in [2.75, 3.05) is 4.90 Å². The van der Waals surface area contributed by atoms with E-state index in [1.807, 2.05) is 0 Å². The first-order chi connectivity index (χ1) is 32.5. The van der Waals surface area contributed by atoms with Gasteiger partial charge in [0.05, 0.1) is 16.8 Å². The van der Waals surface area contributed by atoms with Gasteiger partial charge >= 0.3 is 0 Å². The van der Waals surface area contributed by atoms with Crippen molar-refractivity contribution in [1.29, 1.82) is 0 Å². The number of benzene rings is 10. The molecule has 13 rings (SSSR count). The lowest BCUT2D eigenvalue weighted by atomic mass is 9.63. The zero-order valence-electron chi connectivity index (χ0n) is 37.1. The molecule has 0 saturated carbocycles. The van der Waals surface area contributed by atoms with E-state index in [9.17, 15) is 0 Å². The molecule has 1 heteroatoms. The molecule has 0 amide bonds. The van der Waals surface area contributed by atoms with Crippen LogP contribution in [0.3, 0.4) is 0 Å². The Hall–Kier alpha value is -8.00. The van der Waals surface area contributed by atoms with Gasteiger partial charge in [0, 0.05) is 17.0 Å². The molecule has 1 nitrogen and oxygen atoms in total. The molecule has 0 fully saturated rings. The summed E-state index contributed by atoms with van der Waals surface area (Å²) in [7, 11) is 0. The molecule has 0 saturated heterocycles. The number of hydrogen-bond donors (Lipinski definition) is 0. The number of para-hydroxylation sites is 3. The van der Waals surface area contributed by atoms with Gasteiger partial charge in [0.1, 0.15) is 0 Å². The Morgan fingerprint density at radius 2 is 0.803 bits per heavy atom. The Kier molecular flexibility index (Phi) is 8.61. The summed E-state index contributed by atoms with van der Waals surface area (Å²) in [6.45, 7) is 4.72. The third kappa shape index (κ3) is 5.47. The number of rotatable bonds is 6. The van der Waals surface area contributed by atoms with Crippen LogP contribution in [-0.4, -0.2) is 0 Å². The molecule has 3 aliphatic rings. The Labute approximate surface area is 388 Å². The van der Waals surface area contributed by atoms with Crippen LogP contribution in [0.25, 0.3) is 44.5 Å². The topological polar surface area (TPSA) is 3.24 Å². The van der Waals surface area contributed by atoms with Gasteiger partial charge in [0.15, 0.2) is 0 Å². The summed E-state index contributed by atoms with van der Waals surface area (Å²) < 4.78 is 0. The highest BCUT2D eigenvalue weighted by molar-refractivity contribution is 5.99. The number of fused-ring (bicyclic) bond motifs is 12. The van der Waals surface area contributed by atoms with Crippen LogP contribution in [-0.2, 0) is 10.8 Å². The SMILES string of the molecule is CC1(C)c2ccccc2-c2ccc(-c3ccc([C@@H](c4ccccc4)c4ccccc4-c4cccc5c4C4(c6ccccc6-5)c5ccccc5N(c5ccccc5)c5ccccc54)cc3)cc21. The fourth-order valence-electron chi connectivity index (χ4n) is 12.2. The third-order valence-electron chi connectivity index (χ3n) is 15.0. The Balaban J connectivity index is 1.00. The lowest BCUT2D eigenvalue weighted by Crippen LogP contribution is -2.36. The second-order valence-electron chi connectivity index (χ2n) is 18.7. The van der Waals surface area contributed by atoms with Crippen LogP contribution < -0.4 is 4.90 Å².